The molecular weight excluding hydrogens is 326 g/mol. The minimum atomic E-state index is 0.448. The number of hydrogen-bond donors (Lipinski definition) is 1. The predicted octanol–water partition coefficient (Wildman–Crippen LogP) is 3.70. The normalized spacial score (nSPS) is 15.3. The number of anilines is 2. The summed E-state index contributed by atoms with van der Waals surface area (Å²) in [5.74, 6) is 2.22. The maximum atomic E-state index is 4.65. The van der Waals surface area contributed by atoms with Crippen molar-refractivity contribution < 1.29 is 0 Å². The van der Waals surface area contributed by atoms with Gasteiger partial charge in [-0.25, -0.2) is 0 Å². The Morgan fingerprint density at radius 2 is 1.92 bits per heavy atom. The average Bonchev–Trinajstić information content (AvgIpc) is 3.28. The molecule has 1 atom stereocenters. The molecule has 0 radical (unpaired) electrons. The number of nitrogens with zero attached hydrogens (tertiary/aromatic N) is 6. The molecule has 26 heavy (non-hydrogen) atoms. The molecular formula is C19H19N7. The second-order valence-electron chi connectivity index (χ2n) is 6.79. The number of hydrogen-bond acceptors (Lipinski definition) is 5. The maximum absolute atomic E-state index is 4.65. The zero-order valence-electron chi connectivity index (χ0n) is 14.4. The molecule has 0 spiro atoms. The molecule has 0 aliphatic heterocycles. The molecule has 1 N–H and O–H groups in total. The van der Waals surface area contributed by atoms with Crippen LogP contribution in [0, 0.1) is 5.92 Å². The summed E-state index contributed by atoms with van der Waals surface area (Å²) in [5, 5.41) is 20.9. The lowest BCUT2D eigenvalue weighted by Gasteiger charge is -2.09. The topological polar surface area (TPSA) is 72.9 Å². The highest BCUT2D eigenvalue weighted by molar-refractivity contribution is 5.61. The van der Waals surface area contributed by atoms with Crippen LogP contribution in [0.15, 0.2) is 54.9 Å². The van der Waals surface area contributed by atoms with Crippen molar-refractivity contribution in [3.05, 3.63) is 54.9 Å². The van der Waals surface area contributed by atoms with Crippen molar-refractivity contribution in [2.45, 2.75) is 25.8 Å². The van der Waals surface area contributed by atoms with Crippen LogP contribution in [0.2, 0.25) is 0 Å². The van der Waals surface area contributed by atoms with Crippen LogP contribution in [-0.4, -0.2) is 29.6 Å². The minimum Gasteiger partial charge on any atom is -0.336 e. The van der Waals surface area contributed by atoms with Gasteiger partial charge in [-0.1, -0.05) is 30.3 Å². The van der Waals surface area contributed by atoms with E-state index in [0.29, 0.717) is 11.7 Å². The van der Waals surface area contributed by atoms with Gasteiger partial charge in [0.1, 0.15) is 0 Å². The van der Waals surface area contributed by atoms with Crippen LogP contribution in [0.3, 0.4) is 0 Å². The van der Waals surface area contributed by atoms with E-state index in [4.69, 9.17) is 0 Å². The first-order valence-electron chi connectivity index (χ1n) is 8.87. The zero-order valence-corrected chi connectivity index (χ0v) is 14.4. The summed E-state index contributed by atoms with van der Waals surface area (Å²) in [5.41, 5.74) is 2.63. The first kappa shape index (κ1) is 15.1. The van der Waals surface area contributed by atoms with Crippen LogP contribution in [0.4, 0.5) is 11.5 Å². The molecule has 1 aliphatic carbocycles. The van der Waals surface area contributed by atoms with E-state index in [2.05, 4.69) is 32.6 Å². The zero-order chi connectivity index (χ0) is 17.5. The molecule has 0 saturated heterocycles. The highest BCUT2D eigenvalue weighted by Gasteiger charge is 2.29. The van der Waals surface area contributed by atoms with E-state index in [-0.39, 0.29) is 0 Å². The average molecular weight is 345 g/mol. The summed E-state index contributed by atoms with van der Waals surface area (Å²) in [4.78, 5) is 0. The Morgan fingerprint density at radius 3 is 2.73 bits per heavy atom. The van der Waals surface area contributed by atoms with E-state index in [1.807, 2.05) is 59.5 Å². The fourth-order valence-corrected chi connectivity index (χ4v) is 3.19. The largest absolute Gasteiger partial charge is 0.336 e. The molecule has 1 unspecified atom stereocenters. The Morgan fingerprint density at radius 1 is 1.08 bits per heavy atom. The summed E-state index contributed by atoms with van der Waals surface area (Å²) in [7, 11) is 0. The Bertz CT molecular complexity index is 1050. The number of aromatic nitrogens is 6. The first-order valence-corrected chi connectivity index (χ1v) is 8.87. The van der Waals surface area contributed by atoms with Gasteiger partial charge in [0.2, 0.25) is 0 Å². The smallest absolute Gasteiger partial charge is 0.185 e. The molecule has 1 aliphatic rings. The Kier molecular flexibility index (Phi) is 3.44. The van der Waals surface area contributed by atoms with Crippen LogP contribution in [0.5, 0.6) is 0 Å². The molecule has 130 valence electrons. The van der Waals surface area contributed by atoms with Gasteiger partial charge in [-0.05, 0) is 37.8 Å². The molecule has 1 saturated carbocycles. The number of rotatable bonds is 5. The van der Waals surface area contributed by atoms with Crippen LogP contribution in [-0.2, 0) is 0 Å². The van der Waals surface area contributed by atoms with Crippen LogP contribution in [0.25, 0.3) is 17.0 Å². The van der Waals surface area contributed by atoms with Crippen LogP contribution >= 0.6 is 0 Å². The molecule has 5 rings (SSSR count). The second-order valence-corrected chi connectivity index (χ2v) is 6.79. The van der Waals surface area contributed by atoms with E-state index >= 15 is 0 Å². The molecule has 3 heterocycles. The van der Waals surface area contributed by atoms with Crippen molar-refractivity contribution in [3.63, 3.8) is 0 Å². The highest BCUT2D eigenvalue weighted by Crippen LogP contribution is 2.39. The van der Waals surface area contributed by atoms with Gasteiger partial charge in [0, 0.05) is 11.8 Å². The molecule has 0 bridgehead atoms. The Balaban J connectivity index is 1.44. The van der Waals surface area contributed by atoms with E-state index < -0.39 is 0 Å². The summed E-state index contributed by atoms with van der Waals surface area (Å²) >= 11 is 0. The van der Waals surface area contributed by atoms with Crippen LogP contribution < -0.4 is 5.32 Å². The SMILES string of the molecule is CC(C1CC1)n1cc(Nc2ccc3nnc(-c4ccccc4)n3n2)cn1. The summed E-state index contributed by atoms with van der Waals surface area (Å²) in [6.45, 7) is 2.22. The van der Waals surface area contributed by atoms with E-state index in [1.165, 1.54) is 12.8 Å². The van der Waals surface area contributed by atoms with Gasteiger partial charge in [0.25, 0.3) is 0 Å². The first-order chi connectivity index (χ1) is 12.8. The maximum Gasteiger partial charge on any atom is 0.185 e. The monoisotopic (exact) mass is 345 g/mol. The lowest BCUT2D eigenvalue weighted by atomic mass is 10.2. The van der Waals surface area contributed by atoms with Crippen molar-refractivity contribution in [2.75, 3.05) is 5.32 Å². The van der Waals surface area contributed by atoms with Crippen LogP contribution in [0.1, 0.15) is 25.8 Å². The number of benzene rings is 1. The van der Waals surface area contributed by atoms with Crippen molar-refractivity contribution in [1.82, 2.24) is 29.6 Å². The molecule has 1 fully saturated rings. The van der Waals surface area contributed by atoms with E-state index in [1.54, 1.807) is 4.52 Å². The number of nitrogens with one attached hydrogen (secondary N) is 1. The van der Waals surface area contributed by atoms with Gasteiger partial charge in [-0.2, -0.15) is 9.61 Å². The summed E-state index contributed by atoms with van der Waals surface area (Å²) < 4.78 is 3.79. The van der Waals surface area contributed by atoms with Gasteiger partial charge in [-0.15, -0.1) is 15.3 Å². The fourth-order valence-electron chi connectivity index (χ4n) is 3.19. The predicted molar refractivity (Wildman–Crippen MR) is 99.2 cm³/mol. The van der Waals surface area contributed by atoms with Crippen molar-refractivity contribution >= 4 is 17.2 Å². The van der Waals surface area contributed by atoms with Gasteiger partial charge in [-0.3, -0.25) is 4.68 Å². The van der Waals surface area contributed by atoms with Gasteiger partial charge < -0.3 is 5.32 Å². The van der Waals surface area contributed by atoms with Crippen molar-refractivity contribution in [2.24, 2.45) is 5.92 Å². The second kappa shape index (κ2) is 5.94. The quantitative estimate of drug-likeness (QED) is 0.597. The van der Waals surface area contributed by atoms with Gasteiger partial charge >= 0.3 is 0 Å². The Hall–Kier alpha value is -3.22. The van der Waals surface area contributed by atoms with Crippen molar-refractivity contribution in [3.8, 4) is 11.4 Å². The molecule has 7 heteroatoms. The lowest BCUT2D eigenvalue weighted by Crippen LogP contribution is -2.07. The van der Waals surface area contributed by atoms with Gasteiger partial charge in [0.05, 0.1) is 17.9 Å². The Labute approximate surface area is 150 Å². The summed E-state index contributed by atoms with van der Waals surface area (Å²) in [6.07, 6.45) is 6.49. The molecule has 3 aromatic heterocycles. The molecule has 1 aromatic carbocycles. The summed E-state index contributed by atoms with van der Waals surface area (Å²) in [6, 6.07) is 14.2. The molecule has 0 amide bonds. The molecule has 7 nitrogen and oxygen atoms in total. The van der Waals surface area contributed by atoms with E-state index in [9.17, 15) is 0 Å². The van der Waals surface area contributed by atoms with Gasteiger partial charge in [0.15, 0.2) is 17.3 Å². The highest BCUT2D eigenvalue weighted by atomic mass is 15.4. The third-order valence-corrected chi connectivity index (χ3v) is 4.89. The number of fused-ring (bicyclic) bond motifs is 1. The lowest BCUT2D eigenvalue weighted by molar-refractivity contribution is 0.440. The van der Waals surface area contributed by atoms with E-state index in [0.717, 1.165) is 28.8 Å². The van der Waals surface area contributed by atoms with Crippen molar-refractivity contribution in [1.29, 1.82) is 0 Å². The minimum absolute atomic E-state index is 0.448. The third-order valence-electron chi connectivity index (χ3n) is 4.89. The molecule has 4 aromatic rings. The fraction of sp³-hybridized carbons (Fsp3) is 0.263. The standard InChI is InChI=1S/C19H19N7/c1-13(14-7-8-14)25-12-16(11-20-25)21-17-9-10-18-22-23-19(26(18)24-17)15-5-3-2-4-6-15/h2-6,9-14H,7-8H2,1H3,(H,21,24). The third kappa shape index (κ3) is 2.71.